The molecule has 0 atom stereocenters. The average molecular weight is 277 g/mol. The number of carboxylic acid groups (broad SMARTS) is 1. The maximum atomic E-state index is 12.1. The van der Waals surface area contributed by atoms with Crippen molar-refractivity contribution in [3.8, 4) is 0 Å². The summed E-state index contributed by atoms with van der Waals surface area (Å²) in [4.78, 5) is 23.4. The Balaban J connectivity index is 2.84. The number of carbonyl (C=O) groups is 2. The fraction of sp³-hybridized carbons (Fsp3) is 0.333. The van der Waals surface area contributed by atoms with E-state index >= 15 is 0 Å². The Morgan fingerprint density at radius 3 is 2.45 bits per heavy atom. The molecular weight excluding hydrogens is 258 g/mol. The molecule has 5 nitrogen and oxygen atoms in total. The summed E-state index contributed by atoms with van der Waals surface area (Å²) < 4.78 is 4.94. The molecule has 0 aromatic heterocycles. The van der Waals surface area contributed by atoms with Crippen LogP contribution in [-0.2, 0) is 4.74 Å². The Labute approximate surface area is 118 Å². The fourth-order valence-corrected chi connectivity index (χ4v) is 1.91. The van der Waals surface area contributed by atoms with Gasteiger partial charge in [0, 0.05) is 6.54 Å². The van der Waals surface area contributed by atoms with Crippen LogP contribution in [0.4, 0.5) is 0 Å². The Bertz CT molecular complexity index is 523. The summed E-state index contributed by atoms with van der Waals surface area (Å²) in [5.74, 6) is -1.46. The summed E-state index contributed by atoms with van der Waals surface area (Å²) >= 11 is 0. The number of benzene rings is 1. The number of hydrogen-bond acceptors (Lipinski definition) is 3. The third kappa shape index (κ3) is 3.85. The van der Waals surface area contributed by atoms with Crippen LogP contribution < -0.4 is 5.32 Å². The van der Waals surface area contributed by atoms with Gasteiger partial charge in [-0.25, -0.2) is 4.79 Å². The summed E-state index contributed by atoms with van der Waals surface area (Å²) in [6, 6.07) is 3.45. The monoisotopic (exact) mass is 277 g/mol. The topological polar surface area (TPSA) is 75.6 Å². The molecule has 2 N–H and O–H groups in total. The number of ether oxygens (including phenoxy) is 1. The minimum Gasteiger partial charge on any atom is -0.502 e. The summed E-state index contributed by atoms with van der Waals surface area (Å²) in [6.07, 6.45) is 1.97. The molecule has 0 aliphatic carbocycles. The van der Waals surface area contributed by atoms with Gasteiger partial charge < -0.3 is 15.2 Å². The van der Waals surface area contributed by atoms with E-state index in [1.54, 1.807) is 26.0 Å². The van der Waals surface area contributed by atoms with E-state index in [1.807, 2.05) is 0 Å². The second kappa shape index (κ2) is 7.33. The lowest BCUT2D eigenvalue weighted by molar-refractivity contribution is 0.0690. The van der Waals surface area contributed by atoms with Crippen molar-refractivity contribution in [2.45, 2.75) is 20.3 Å². The molecule has 1 amide bonds. The molecule has 0 bridgehead atoms. The van der Waals surface area contributed by atoms with Gasteiger partial charge in [0.2, 0.25) is 0 Å². The molecule has 0 aliphatic heterocycles. The lowest BCUT2D eigenvalue weighted by atomic mass is 9.96. The quantitative estimate of drug-likeness (QED) is 0.592. The van der Waals surface area contributed by atoms with E-state index in [0.717, 1.165) is 0 Å². The van der Waals surface area contributed by atoms with Gasteiger partial charge in [-0.2, -0.15) is 0 Å². The van der Waals surface area contributed by atoms with E-state index in [0.29, 0.717) is 30.7 Å². The molecule has 0 radical (unpaired) electrons. The summed E-state index contributed by atoms with van der Waals surface area (Å²) in [6.45, 7) is 7.70. The lowest BCUT2D eigenvalue weighted by Gasteiger charge is -2.12. The third-order valence-electron chi connectivity index (χ3n) is 2.91. The molecular formula is C15H19NO4. The van der Waals surface area contributed by atoms with E-state index in [2.05, 4.69) is 11.9 Å². The normalized spacial score (nSPS) is 9.90. The highest BCUT2D eigenvalue weighted by atomic mass is 16.5. The van der Waals surface area contributed by atoms with Crippen molar-refractivity contribution in [2.75, 3.05) is 13.2 Å². The van der Waals surface area contributed by atoms with Gasteiger partial charge in [0.25, 0.3) is 5.91 Å². The van der Waals surface area contributed by atoms with Crippen molar-refractivity contribution in [3.63, 3.8) is 0 Å². The zero-order valence-electron chi connectivity index (χ0n) is 11.7. The number of carboxylic acids is 1. The van der Waals surface area contributed by atoms with Crippen LogP contribution in [0.25, 0.3) is 0 Å². The van der Waals surface area contributed by atoms with Crippen LogP contribution in [0.15, 0.2) is 25.0 Å². The van der Waals surface area contributed by atoms with Crippen molar-refractivity contribution in [3.05, 3.63) is 47.2 Å². The van der Waals surface area contributed by atoms with Crippen molar-refractivity contribution in [1.29, 1.82) is 0 Å². The maximum absolute atomic E-state index is 12.1. The van der Waals surface area contributed by atoms with E-state index in [9.17, 15) is 14.7 Å². The molecule has 20 heavy (non-hydrogen) atoms. The SMILES string of the molecule is C=COCCCNC(=O)c1c(C)ccc(C)c1C(=O)O. The van der Waals surface area contributed by atoms with Crippen LogP contribution >= 0.6 is 0 Å². The highest BCUT2D eigenvalue weighted by Gasteiger charge is 2.20. The fourth-order valence-electron chi connectivity index (χ4n) is 1.91. The number of aryl methyl sites for hydroxylation is 2. The van der Waals surface area contributed by atoms with E-state index in [4.69, 9.17) is 4.74 Å². The van der Waals surface area contributed by atoms with Crippen LogP contribution in [0.2, 0.25) is 0 Å². The molecule has 0 spiro atoms. The smallest absolute Gasteiger partial charge is 0.336 e. The average Bonchev–Trinajstić information content (AvgIpc) is 2.40. The van der Waals surface area contributed by atoms with Crippen LogP contribution in [0.3, 0.4) is 0 Å². The van der Waals surface area contributed by atoms with Gasteiger partial charge in [-0.3, -0.25) is 4.79 Å². The standard InChI is InChI=1S/C15H19NO4/c1-4-20-9-5-8-16-14(17)12-10(2)6-7-11(3)13(12)15(18)19/h4,6-7H,1,5,8-9H2,2-3H3,(H,16,17)(H,18,19). The van der Waals surface area contributed by atoms with E-state index in [1.165, 1.54) is 6.26 Å². The minimum absolute atomic E-state index is 0.0600. The first-order valence-electron chi connectivity index (χ1n) is 6.33. The van der Waals surface area contributed by atoms with Crippen molar-refractivity contribution < 1.29 is 19.4 Å². The van der Waals surface area contributed by atoms with Crippen molar-refractivity contribution >= 4 is 11.9 Å². The number of carbonyl (C=O) groups excluding carboxylic acids is 1. The Morgan fingerprint density at radius 2 is 1.90 bits per heavy atom. The van der Waals surface area contributed by atoms with Gasteiger partial charge in [-0.05, 0) is 31.4 Å². The van der Waals surface area contributed by atoms with Gasteiger partial charge >= 0.3 is 5.97 Å². The van der Waals surface area contributed by atoms with Crippen LogP contribution in [0, 0.1) is 13.8 Å². The summed E-state index contributed by atoms with van der Waals surface area (Å²) in [5, 5.41) is 12.0. The largest absolute Gasteiger partial charge is 0.502 e. The van der Waals surface area contributed by atoms with Gasteiger partial charge in [-0.15, -0.1) is 0 Å². The molecule has 1 aromatic carbocycles. The molecule has 0 saturated heterocycles. The number of nitrogens with one attached hydrogen (secondary N) is 1. The Kier molecular flexibility index (Phi) is 5.77. The second-order valence-corrected chi connectivity index (χ2v) is 4.40. The second-order valence-electron chi connectivity index (χ2n) is 4.40. The van der Waals surface area contributed by atoms with E-state index < -0.39 is 5.97 Å². The zero-order valence-corrected chi connectivity index (χ0v) is 11.7. The molecule has 1 rings (SSSR count). The van der Waals surface area contributed by atoms with E-state index in [-0.39, 0.29) is 17.0 Å². The molecule has 5 heteroatoms. The number of hydrogen-bond donors (Lipinski definition) is 2. The predicted octanol–water partition coefficient (Wildman–Crippen LogP) is 2.28. The summed E-state index contributed by atoms with van der Waals surface area (Å²) in [7, 11) is 0. The minimum atomic E-state index is -1.09. The van der Waals surface area contributed by atoms with Crippen LogP contribution in [-0.4, -0.2) is 30.1 Å². The molecule has 0 saturated carbocycles. The van der Waals surface area contributed by atoms with Gasteiger partial charge in [0.05, 0.1) is 24.0 Å². The first-order valence-corrected chi connectivity index (χ1v) is 6.33. The highest BCUT2D eigenvalue weighted by molar-refractivity contribution is 6.06. The van der Waals surface area contributed by atoms with Gasteiger partial charge in [-0.1, -0.05) is 18.7 Å². The number of amides is 1. The van der Waals surface area contributed by atoms with Gasteiger partial charge in [0.15, 0.2) is 0 Å². The first-order chi connectivity index (χ1) is 9.49. The molecule has 0 unspecified atom stereocenters. The summed E-state index contributed by atoms with van der Waals surface area (Å²) in [5.41, 5.74) is 1.50. The Hall–Kier alpha value is -2.30. The van der Waals surface area contributed by atoms with Gasteiger partial charge in [0.1, 0.15) is 0 Å². The zero-order chi connectivity index (χ0) is 15.1. The van der Waals surface area contributed by atoms with Crippen molar-refractivity contribution in [1.82, 2.24) is 5.32 Å². The highest BCUT2D eigenvalue weighted by Crippen LogP contribution is 2.18. The molecule has 0 heterocycles. The first kappa shape index (κ1) is 15.8. The van der Waals surface area contributed by atoms with Crippen LogP contribution in [0.5, 0.6) is 0 Å². The molecule has 0 aliphatic rings. The van der Waals surface area contributed by atoms with Crippen molar-refractivity contribution in [2.24, 2.45) is 0 Å². The predicted molar refractivity (Wildman–Crippen MR) is 76.0 cm³/mol. The molecule has 1 aromatic rings. The maximum Gasteiger partial charge on any atom is 0.336 e. The third-order valence-corrected chi connectivity index (χ3v) is 2.91. The molecule has 0 fully saturated rings. The van der Waals surface area contributed by atoms with Crippen LogP contribution in [0.1, 0.15) is 38.3 Å². The molecule has 108 valence electrons. The number of aromatic carboxylic acids is 1. The lowest BCUT2D eigenvalue weighted by Crippen LogP contribution is -2.28. The number of rotatable bonds is 7. The Morgan fingerprint density at radius 1 is 1.30 bits per heavy atom.